The predicted molar refractivity (Wildman–Crippen MR) is 120 cm³/mol. The number of ketones is 1. The minimum Gasteiger partial charge on any atom is -0.431 e. The molecule has 4 aliphatic rings. The maximum Gasteiger partial charge on any atom is 0.335 e. The Morgan fingerprint density at radius 2 is 1.90 bits per heavy atom. The lowest BCUT2D eigenvalue weighted by atomic mass is 9.44. The molecule has 0 radical (unpaired) electrons. The van der Waals surface area contributed by atoms with Crippen LogP contribution in [0.4, 0.5) is 0 Å². The van der Waals surface area contributed by atoms with Crippen LogP contribution in [0.1, 0.15) is 64.9 Å². The minimum atomic E-state index is -1.02. The maximum atomic E-state index is 12.6. The molecule has 1 N–H and O–H groups in total. The highest BCUT2D eigenvalue weighted by molar-refractivity contribution is 6.21. The summed E-state index contributed by atoms with van der Waals surface area (Å²) in [4.78, 5) is 24.1. The average molecular weight is 443 g/mol. The van der Waals surface area contributed by atoms with Crippen LogP contribution in [0.3, 0.4) is 0 Å². The van der Waals surface area contributed by atoms with Crippen molar-refractivity contribution in [3.8, 4) is 0 Å². The van der Waals surface area contributed by atoms with Gasteiger partial charge in [0, 0.05) is 28.2 Å². The molecule has 0 amide bonds. The fourth-order valence-electron chi connectivity index (χ4n) is 7.75. The summed E-state index contributed by atoms with van der Waals surface area (Å²) in [5.41, 5.74) is -0.457. The van der Waals surface area contributed by atoms with Gasteiger partial charge in [0.1, 0.15) is 0 Å². The monoisotopic (exact) mass is 442 g/mol. The van der Waals surface area contributed by atoms with Crippen molar-refractivity contribution in [2.45, 2.75) is 70.3 Å². The molecule has 0 aromatic carbocycles. The number of fused-ring (bicyclic) bond motifs is 5. The van der Waals surface area contributed by atoms with E-state index in [1.165, 1.54) is 12.3 Å². The van der Waals surface area contributed by atoms with Gasteiger partial charge < -0.3 is 9.52 Å². The topological polar surface area (TPSA) is 67.5 Å². The molecule has 1 aromatic rings. The van der Waals surface area contributed by atoms with Gasteiger partial charge in [0.05, 0.1) is 11.9 Å². The zero-order chi connectivity index (χ0) is 22.4. The molecule has 2 fully saturated rings. The molecule has 0 spiro atoms. The summed E-state index contributed by atoms with van der Waals surface area (Å²) in [6, 6.07) is 3.22. The Balaban J connectivity index is 1.60. The van der Waals surface area contributed by atoms with Crippen LogP contribution < -0.4 is 5.63 Å². The molecule has 5 heteroatoms. The van der Waals surface area contributed by atoms with Crippen LogP contribution in [-0.2, 0) is 4.79 Å². The molecule has 4 nitrogen and oxygen atoms in total. The third-order valence-electron chi connectivity index (χ3n) is 9.55. The van der Waals surface area contributed by atoms with Crippen LogP contribution >= 0.6 is 11.6 Å². The summed E-state index contributed by atoms with van der Waals surface area (Å²) in [5, 5.41) is 12.0. The van der Waals surface area contributed by atoms with Crippen molar-refractivity contribution in [3.05, 3.63) is 58.2 Å². The first-order valence-electron chi connectivity index (χ1n) is 11.3. The Kier molecular flexibility index (Phi) is 4.41. The lowest BCUT2D eigenvalue weighted by Crippen LogP contribution is -2.58. The predicted octanol–water partition coefficient (Wildman–Crippen LogP) is 5.00. The first-order valence-corrected chi connectivity index (χ1v) is 11.8. The van der Waals surface area contributed by atoms with Crippen LogP contribution in [0.5, 0.6) is 0 Å². The molecule has 2 saturated carbocycles. The summed E-state index contributed by atoms with van der Waals surface area (Å²) < 4.78 is 5.15. The molecule has 1 heterocycles. The van der Waals surface area contributed by atoms with Crippen LogP contribution in [0, 0.1) is 28.1 Å². The Bertz CT molecular complexity index is 1050. The zero-order valence-corrected chi connectivity index (χ0v) is 19.4. The summed E-state index contributed by atoms with van der Waals surface area (Å²) in [5.74, 6) is 0.491. The molecule has 2 unspecified atom stereocenters. The van der Waals surface area contributed by atoms with Crippen molar-refractivity contribution < 1.29 is 14.3 Å². The number of halogens is 1. The van der Waals surface area contributed by atoms with Crippen LogP contribution in [-0.4, -0.2) is 21.9 Å². The average Bonchev–Trinajstić information content (AvgIpc) is 2.91. The SMILES string of the molecule is CC1(C)C(=O)C=C[C@]2(C)C3CC[C@]4(C)[C@@H](c5ccc(=O)oc5)[C@@H](Cl)C[C@]4(O)C3=CCC12. The van der Waals surface area contributed by atoms with Crippen molar-refractivity contribution in [2.24, 2.45) is 28.1 Å². The number of rotatable bonds is 1. The number of alkyl halides is 1. The third kappa shape index (κ3) is 2.58. The number of carbonyl (C=O) groups is 1. The smallest absolute Gasteiger partial charge is 0.335 e. The molecule has 0 saturated heterocycles. The van der Waals surface area contributed by atoms with Gasteiger partial charge in [-0.15, -0.1) is 11.6 Å². The van der Waals surface area contributed by atoms with Crippen LogP contribution in [0.25, 0.3) is 0 Å². The Morgan fingerprint density at radius 3 is 2.58 bits per heavy atom. The fourth-order valence-corrected chi connectivity index (χ4v) is 8.40. The summed E-state index contributed by atoms with van der Waals surface area (Å²) >= 11 is 6.91. The van der Waals surface area contributed by atoms with Crippen molar-refractivity contribution in [3.63, 3.8) is 0 Å². The third-order valence-corrected chi connectivity index (χ3v) is 9.95. The first kappa shape index (κ1) is 21.2. The number of hydrogen-bond donors (Lipinski definition) is 1. The highest BCUT2D eigenvalue weighted by atomic mass is 35.5. The number of allylic oxidation sites excluding steroid dienone is 3. The summed E-state index contributed by atoms with van der Waals surface area (Å²) in [7, 11) is 0. The van der Waals surface area contributed by atoms with Gasteiger partial charge in [0.25, 0.3) is 0 Å². The van der Waals surface area contributed by atoms with E-state index in [-0.39, 0.29) is 40.0 Å². The van der Waals surface area contributed by atoms with Gasteiger partial charge in [-0.05, 0) is 66.2 Å². The van der Waals surface area contributed by atoms with Crippen LogP contribution in [0.15, 0.2) is 51.4 Å². The number of hydrogen-bond acceptors (Lipinski definition) is 4. The van der Waals surface area contributed by atoms with E-state index in [4.69, 9.17) is 16.0 Å². The minimum absolute atomic E-state index is 0.101. The first-order chi connectivity index (χ1) is 14.4. The molecular formula is C26H31ClO4. The van der Waals surface area contributed by atoms with Gasteiger partial charge in [0.15, 0.2) is 5.78 Å². The van der Waals surface area contributed by atoms with Gasteiger partial charge in [0.2, 0.25) is 0 Å². The van der Waals surface area contributed by atoms with E-state index >= 15 is 0 Å². The maximum absolute atomic E-state index is 12.6. The van der Waals surface area contributed by atoms with Crippen LogP contribution in [0.2, 0.25) is 0 Å². The molecule has 4 aliphatic carbocycles. The van der Waals surface area contributed by atoms with Gasteiger partial charge in [-0.3, -0.25) is 4.79 Å². The summed E-state index contributed by atoms with van der Waals surface area (Å²) in [6.07, 6.45) is 10.6. The highest BCUT2D eigenvalue weighted by Gasteiger charge is 2.68. The quantitative estimate of drug-likeness (QED) is 0.491. The molecule has 1 aromatic heterocycles. The second-order valence-corrected chi connectivity index (χ2v) is 11.7. The molecule has 5 rings (SSSR count). The van der Waals surface area contributed by atoms with E-state index in [0.717, 1.165) is 30.4 Å². The second kappa shape index (κ2) is 6.45. The van der Waals surface area contributed by atoms with Gasteiger partial charge >= 0.3 is 5.63 Å². The van der Waals surface area contributed by atoms with E-state index in [2.05, 4.69) is 39.8 Å². The van der Waals surface area contributed by atoms with Gasteiger partial charge in [-0.25, -0.2) is 4.79 Å². The van der Waals surface area contributed by atoms with E-state index in [1.54, 1.807) is 12.1 Å². The number of aliphatic hydroxyl groups is 1. The Morgan fingerprint density at radius 1 is 1.16 bits per heavy atom. The standard InChI is InChI=1S/C26H31ClO4/c1-23(2)19-7-6-17-16(24(19,3)11-10-20(23)28)9-12-25(4)22(18(27)13-26(17,25)30)15-5-8-21(29)31-14-15/h5-6,8,10-11,14,16,18-19,22,30H,7,9,12-13H2,1-4H3/t16?,18-,19?,22-,24+,25+,26-/m0/s1. The fraction of sp³-hybridized carbons (Fsp3) is 0.615. The summed E-state index contributed by atoms with van der Waals surface area (Å²) in [6.45, 7) is 8.53. The molecular weight excluding hydrogens is 412 g/mol. The normalized spacial score (nSPS) is 45.5. The lowest BCUT2D eigenvalue weighted by molar-refractivity contribution is -0.132. The molecule has 166 valence electrons. The lowest BCUT2D eigenvalue weighted by Gasteiger charge is -2.60. The molecule has 0 aliphatic heterocycles. The Hall–Kier alpha value is -1.65. The van der Waals surface area contributed by atoms with E-state index in [1.807, 2.05) is 0 Å². The Labute approximate surface area is 188 Å². The van der Waals surface area contributed by atoms with E-state index in [0.29, 0.717) is 6.42 Å². The molecule has 7 atom stereocenters. The zero-order valence-electron chi connectivity index (χ0n) is 18.7. The van der Waals surface area contributed by atoms with E-state index in [9.17, 15) is 14.7 Å². The van der Waals surface area contributed by atoms with Crippen molar-refractivity contribution >= 4 is 17.4 Å². The highest BCUT2D eigenvalue weighted by Crippen LogP contribution is 2.70. The second-order valence-electron chi connectivity index (χ2n) is 11.2. The van der Waals surface area contributed by atoms with Gasteiger partial charge in [-0.1, -0.05) is 39.8 Å². The van der Waals surface area contributed by atoms with E-state index < -0.39 is 16.4 Å². The van der Waals surface area contributed by atoms with Crippen molar-refractivity contribution in [2.75, 3.05) is 0 Å². The molecule has 31 heavy (non-hydrogen) atoms. The van der Waals surface area contributed by atoms with Crippen molar-refractivity contribution in [1.82, 2.24) is 0 Å². The van der Waals surface area contributed by atoms with Crippen molar-refractivity contribution in [1.29, 1.82) is 0 Å². The number of carbonyl (C=O) groups excluding carboxylic acids is 1. The van der Waals surface area contributed by atoms with Gasteiger partial charge in [-0.2, -0.15) is 0 Å². The molecule has 0 bridgehead atoms. The largest absolute Gasteiger partial charge is 0.431 e.